The fourth-order valence-corrected chi connectivity index (χ4v) is 3.22. The minimum Gasteiger partial charge on any atom is -0.396 e. The number of hydrogen-bond acceptors (Lipinski definition) is 5. The minimum atomic E-state index is 0.230. The molecule has 0 radical (unpaired) electrons. The molecule has 1 aromatic heterocycles. The standard InChI is InChI=1S/C19H32N4O/c1-5-6-17-13-19(21-16(4)20-17)23-11-10-22(9-7-15(2)3)18(14-23)8-12-24/h7,13,18,24H,5-6,8-12,14H2,1-4H3/t18-/m0/s1. The van der Waals surface area contributed by atoms with Crippen molar-refractivity contribution in [3.05, 3.63) is 29.2 Å². The summed E-state index contributed by atoms with van der Waals surface area (Å²) in [7, 11) is 0. The molecule has 0 bridgehead atoms. The van der Waals surface area contributed by atoms with Crippen molar-refractivity contribution in [1.29, 1.82) is 0 Å². The van der Waals surface area contributed by atoms with Crippen molar-refractivity contribution >= 4 is 5.82 Å². The van der Waals surface area contributed by atoms with Gasteiger partial charge in [0.2, 0.25) is 0 Å². The molecule has 134 valence electrons. The molecule has 1 aliphatic rings. The van der Waals surface area contributed by atoms with Crippen LogP contribution in [0.4, 0.5) is 5.82 Å². The lowest BCUT2D eigenvalue weighted by atomic mass is 10.1. The number of aliphatic hydroxyl groups is 1. The molecule has 0 amide bonds. The van der Waals surface area contributed by atoms with E-state index in [9.17, 15) is 5.11 Å². The highest BCUT2D eigenvalue weighted by Crippen LogP contribution is 2.20. The van der Waals surface area contributed by atoms with E-state index in [1.807, 2.05) is 6.92 Å². The van der Waals surface area contributed by atoms with Crippen molar-refractivity contribution in [2.45, 2.75) is 53.0 Å². The van der Waals surface area contributed by atoms with Crippen LogP contribution in [0.2, 0.25) is 0 Å². The van der Waals surface area contributed by atoms with Gasteiger partial charge in [0.05, 0.1) is 0 Å². The van der Waals surface area contributed by atoms with Gasteiger partial charge in [-0.15, -0.1) is 0 Å². The molecule has 0 unspecified atom stereocenters. The molecule has 2 rings (SSSR count). The van der Waals surface area contributed by atoms with E-state index in [0.29, 0.717) is 6.04 Å². The number of aromatic nitrogens is 2. The van der Waals surface area contributed by atoms with Crippen molar-refractivity contribution in [1.82, 2.24) is 14.9 Å². The van der Waals surface area contributed by atoms with Gasteiger partial charge in [-0.2, -0.15) is 0 Å². The summed E-state index contributed by atoms with van der Waals surface area (Å²) >= 11 is 0. The SMILES string of the molecule is CCCc1cc(N2CCN(CC=C(C)C)[C@@H](CCO)C2)nc(C)n1. The van der Waals surface area contributed by atoms with E-state index in [1.54, 1.807) is 0 Å². The predicted molar refractivity (Wildman–Crippen MR) is 99.5 cm³/mol. The van der Waals surface area contributed by atoms with Crippen molar-refractivity contribution in [2.24, 2.45) is 0 Å². The Kier molecular flexibility index (Phi) is 7.18. The molecule has 1 saturated heterocycles. The first-order valence-corrected chi connectivity index (χ1v) is 9.11. The third kappa shape index (κ3) is 5.28. The second-order valence-corrected chi connectivity index (χ2v) is 6.90. The smallest absolute Gasteiger partial charge is 0.132 e. The number of aryl methyl sites for hydroxylation is 2. The summed E-state index contributed by atoms with van der Waals surface area (Å²) in [5.74, 6) is 1.89. The van der Waals surface area contributed by atoms with Gasteiger partial charge in [-0.1, -0.05) is 25.0 Å². The van der Waals surface area contributed by atoms with Crippen LogP contribution >= 0.6 is 0 Å². The average Bonchev–Trinajstić information content (AvgIpc) is 2.53. The molecular weight excluding hydrogens is 300 g/mol. The van der Waals surface area contributed by atoms with Gasteiger partial charge in [0.1, 0.15) is 11.6 Å². The average molecular weight is 332 g/mol. The Labute approximate surface area is 146 Å². The first-order chi connectivity index (χ1) is 11.5. The maximum Gasteiger partial charge on any atom is 0.132 e. The summed E-state index contributed by atoms with van der Waals surface area (Å²) in [5.41, 5.74) is 2.47. The molecule has 5 nitrogen and oxygen atoms in total. The summed E-state index contributed by atoms with van der Waals surface area (Å²) in [5, 5.41) is 9.44. The molecule has 0 aliphatic carbocycles. The number of piperazine rings is 1. The van der Waals surface area contributed by atoms with Crippen LogP contribution in [0, 0.1) is 6.92 Å². The van der Waals surface area contributed by atoms with Gasteiger partial charge in [0.25, 0.3) is 0 Å². The third-order valence-corrected chi connectivity index (χ3v) is 4.51. The largest absolute Gasteiger partial charge is 0.396 e. The summed E-state index contributed by atoms with van der Waals surface area (Å²) < 4.78 is 0. The molecule has 0 saturated carbocycles. The molecule has 1 fully saturated rings. The van der Waals surface area contributed by atoms with Gasteiger partial charge in [-0.3, -0.25) is 4.90 Å². The second-order valence-electron chi connectivity index (χ2n) is 6.90. The summed E-state index contributed by atoms with van der Waals surface area (Å²) in [6.07, 6.45) is 5.17. The fraction of sp³-hybridized carbons (Fsp3) is 0.684. The highest BCUT2D eigenvalue weighted by molar-refractivity contribution is 5.41. The van der Waals surface area contributed by atoms with Crippen LogP contribution in [0.25, 0.3) is 0 Å². The molecule has 2 heterocycles. The number of anilines is 1. The van der Waals surface area contributed by atoms with Crippen LogP contribution in [-0.4, -0.2) is 58.8 Å². The van der Waals surface area contributed by atoms with Gasteiger partial charge in [0.15, 0.2) is 0 Å². The van der Waals surface area contributed by atoms with Crippen molar-refractivity contribution in [3.63, 3.8) is 0 Å². The van der Waals surface area contributed by atoms with E-state index in [1.165, 1.54) is 5.57 Å². The van der Waals surface area contributed by atoms with Crippen LogP contribution < -0.4 is 4.90 Å². The summed E-state index contributed by atoms with van der Waals surface area (Å²) in [6.45, 7) is 12.5. The Morgan fingerprint density at radius 2 is 2.12 bits per heavy atom. The molecule has 1 aliphatic heterocycles. The number of aliphatic hydroxyl groups excluding tert-OH is 1. The van der Waals surface area contributed by atoms with E-state index >= 15 is 0 Å². The number of allylic oxidation sites excluding steroid dienone is 1. The zero-order valence-electron chi connectivity index (χ0n) is 15.6. The first kappa shape index (κ1) is 18.9. The molecule has 0 spiro atoms. The van der Waals surface area contributed by atoms with E-state index in [4.69, 9.17) is 0 Å². The van der Waals surface area contributed by atoms with Crippen molar-refractivity contribution in [2.75, 3.05) is 37.7 Å². The lowest BCUT2D eigenvalue weighted by Crippen LogP contribution is -2.53. The number of nitrogens with zero attached hydrogens (tertiary/aromatic N) is 4. The molecular formula is C19H32N4O. The van der Waals surface area contributed by atoms with Crippen LogP contribution in [0.5, 0.6) is 0 Å². The van der Waals surface area contributed by atoms with E-state index in [2.05, 4.69) is 52.7 Å². The zero-order valence-corrected chi connectivity index (χ0v) is 15.6. The lowest BCUT2D eigenvalue weighted by Gasteiger charge is -2.41. The van der Waals surface area contributed by atoms with Crippen LogP contribution in [0.3, 0.4) is 0 Å². The summed E-state index contributed by atoms with van der Waals surface area (Å²) in [4.78, 5) is 14.0. The predicted octanol–water partition coefficient (Wildman–Crippen LogP) is 2.58. The van der Waals surface area contributed by atoms with E-state index in [0.717, 1.165) is 62.8 Å². The Morgan fingerprint density at radius 1 is 1.33 bits per heavy atom. The van der Waals surface area contributed by atoms with E-state index < -0.39 is 0 Å². The Morgan fingerprint density at radius 3 is 2.79 bits per heavy atom. The monoisotopic (exact) mass is 332 g/mol. The molecule has 1 atom stereocenters. The lowest BCUT2D eigenvalue weighted by molar-refractivity contribution is 0.155. The highest BCUT2D eigenvalue weighted by atomic mass is 16.3. The van der Waals surface area contributed by atoms with Crippen LogP contribution in [-0.2, 0) is 6.42 Å². The molecule has 1 aromatic rings. The highest BCUT2D eigenvalue weighted by Gasteiger charge is 2.27. The van der Waals surface area contributed by atoms with Crippen LogP contribution in [0.1, 0.15) is 45.1 Å². The Bertz CT molecular complexity index is 554. The van der Waals surface area contributed by atoms with E-state index in [-0.39, 0.29) is 6.61 Å². The van der Waals surface area contributed by atoms with Gasteiger partial charge < -0.3 is 10.0 Å². The molecule has 0 aromatic carbocycles. The van der Waals surface area contributed by atoms with Gasteiger partial charge in [-0.25, -0.2) is 9.97 Å². The van der Waals surface area contributed by atoms with Gasteiger partial charge >= 0.3 is 0 Å². The second kappa shape index (κ2) is 9.14. The van der Waals surface area contributed by atoms with Gasteiger partial charge in [-0.05, 0) is 33.6 Å². The van der Waals surface area contributed by atoms with Crippen LogP contribution in [0.15, 0.2) is 17.7 Å². The molecule has 24 heavy (non-hydrogen) atoms. The zero-order chi connectivity index (χ0) is 17.5. The molecule has 1 N–H and O–H groups in total. The summed E-state index contributed by atoms with van der Waals surface area (Å²) in [6, 6.07) is 2.50. The van der Waals surface area contributed by atoms with Gasteiger partial charge in [0, 0.05) is 50.6 Å². The Hall–Kier alpha value is -1.46. The fourth-order valence-electron chi connectivity index (χ4n) is 3.22. The molecule has 5 heteroatoms. The topological polar surface area (TPSA) is 52.5 Å². The first-order valence-electron chi connectivity index (χ1n) is 9.11. The Balaban J connectivity index is 2.12. The quantitative estimate of drug-likeness (QED) is 0.778. The minimum absolute atomic E-state index is 0.230. The number of hydrogen-bond donors (Lipinski definition) is 1. The normalized spacial score (nSPS) is 18.7. The van der Waals surface area contributed by atoms with Crippen molar-refractivity contribution in [3.8, 4) is 0 Å². The third-order valence-electron chi connectivity index (χ3n) is 4.51. The number of rotatable bonds is 7. The van der Waals surface area contributed by atoms with Crippen molar-refractivity contribution < 1.29 is 5.11 Å². The maximum atomic E-state index is 9.44. The maximum absolute atomic E-state index is 9.44.